The highest BCUT2D eigenvalue weighted by molar-refractivity contribution is 7.98. The molecule has 0 amide bonds. The Morgan fingerprint density at radius 1 is 1.40 bits per heavy atom. The second-order valence-electron chi connectivity index (χ2n) is 4.02. The smallest absolute Gasteiger partial charge is 0.309 e. The van der Waals surface area contributed by atoms with E-state index in [9.17, 15) is 4.79 Å². The number of carbonyl (C=O) groups is 1. The molecule has 0 aliphatic heterocycles. The van der Waals surface area contributed by atoms with Crippen LogP contribution in [-0.4, -0.2) is 49.1 Å². The Balaban J connectivity index is 4.29. The summed E-state index contributed by atoms with van der Waals surface area (Å²) < 4.78 is 4.75. The molecule has 15 heavy (non-hydrogen) atoms. The van der Waals surface area contributed by atoms with Gasteiger partial charge in [0.25, 0.3) is 0 Å². The second-order valence-corrected chi connectivity index (χ2v) is 4.93. The van der Waals surface area contributed by atoms with E-state index in [0.717, 1.165) is 5.75 Å². The molecule has 3 atom stereocenters. The highest BCUT2D eigenvalue weighted by atomic mass is 32.2. The van der Waals surface area contributed by atoms with Crippen LogP contribution in [0.4, 0.5) is 0 Å². The van der Waals surface area contributed by atoms with Gasteiger partial charge in [-0.1, -0.05) is 6.92 Å². The quantitative estimate of drug-likeness (QED) is 0.655. The van der Waals surface area contributed by atoms with Crippen molar-refractivity contribution in [3.63, 3.8) is 0 Å². The molecule has 90 valence electrons. The summed E-state index contributed by atoms with van der Waals surface area (Å²) in [6.45, 7) is 6.16. The summed E-state index contributed by atoms with van der Waals surface area (Å²) in [5, 5.41) is 0. The topological polar surface area (TPSA) is 29.5 Å². The Labute approximate surface area is 97.5 Å². The van der Waals surface area contributed by atoms with E-state index in [1.807, 2.05) is 18.7 Å². The molecular weight excluding hydrogens is 210 g/mol. The van der Waals surface area contributed by atoms with Crippen LogP contribution in [-0.2, 0) is 9.53 Å². The molecule has 0 bridgehead atoms. The molecule has 0 rings (SSSR count). The number of methoxy groups -OCH3 is 1. The zero-order valence-corrected chi connectivity index (χ0v) is 11.4. The Kier molecular flexibility index (Phi) is 7.02. The van der Waals surface area contributed by atoms with Gasteiger partial charge in [-0.2, -0.15) is 11.8 Å². The lowest BCUT2D eigenvalue weighted by Crippen LogP contribution is -2.44. The fourth-order valence-corrected chi connectivity index (χ4v) is 2.21. The van der Waals surface area contributed by atoms with E-state index >= 15 is 0 Å². The summed E-state index contributed by atoms with van der Waals surface area (Å²) in [4.78, 5) is 13.6. The first-order valence-corrected chi connectivity index (χ1v) is 6.63. The largest absolute Gasteiger partial charge is 0.469 e. The van der Waals surface area contributed by atoms with Crippen molar-refractivity contribution in [2.45, 2.75) is 32.9 Å². The minimum absolute atomic E-state index is 0.0793. The molecule has 0 spiro atoms. The van der Waals surface area contributed by atoms with E-state index in [1.54, 1.807) is 0 Å². The number of hydrogen-bond donors (Lipinski definition) is 0. The van der Waals surface area contributed by atoms with Crippen LogP contribution >= 0.6 is 11.8 Å². The average Bonchev–Trinajstić information content (AvgIpc) is 2.25. The van der Waals surface area contributed by atoms with Crippen LogP contribution in [0.3, 0.4) is 0 Å². The molecule has 0 saturated heterocycles. The number of hydrogen-bond acceptors (Lipinski definition) is 4. The van der Waals surface area contributed by atoms with E-state index < -0.39 is 0 Å². The van der Waals surface area contributed by atoms with E-state index in [4.69, 9.17) is 4.74 Å². The lowest BCUT2D eigenvalue weighted by molar-refractivity contribution is -0.147. The summed E-state index contributed by atoms with van der Waals surface area (Å²) in [6.07, 6.45) is 2.10. The first-order chi connectivity index (χ1) is 6.95. The van der Waals surface area contributed by atoms with Crippen molar-refractivity contribution >= 4 is 17.7 Å². The molecule has 0 aliphatic rings. The van der Waals surface area contributed by atoms with E-state index in [1.165, 1.54) is 7.11 Å². The zero-order chi connectivity index (χ0) is 12.0. The van der Waals surface area contributed by atoms with Gasteiger partial charge in [-0.15, -0.1) is 0 Å². The maximum absolute atomic E-state index is 11.4. The van der Waals surface area contributed by atoms with Gasteiger partial charge in [-0.25, -0.2) is 0 Å². The van der Waals surface area contributed by atoms with E-state index in [-0.39, 0.29) is 17.9 Å². The molecule has 3 nitrogen and oxygen atoms in total. The Morgan fingerprint density at radius 3 is 2.33 bits per heavy atom. The molecule has 0 aliphatic carbocycles. The lowest BCUT2D eigenvalue weighted by atomic mass is 10.0. The molecule has 0 saturated carbocycles. The van der Waals surface area contributed by atoms with Crippen molar-refractivity contribution in [3.05, 3.63) is 0 Å². The standard InChI is InChI=1S/C11H23NO2S/c1-8(7-15-6)12(4)10(3)9(2)11(13)14-5/h8-10H,7H2,1-6H3. The van der Waals surface area contributed by atoms with E-state index in [2.05, 4.69) is 32.1 Å². The van der Waals surface area contributed by atoms with Crippen LogP contribution in [0, 0.1) is 5.92 Å². The van der Waals surface area contributed by atoms with Crippen molar-refractivity contribution in [1.82, 2.24) is 4.90 Å². The molecule has 0 fully saturated rings. The van der Waals surface area contributed by atoms with Crippen molar-refractivity contribution < 1.29 is 9.53 Å². The first kappa shape index (κ1) is 14.8. The Morgan fingerprint density at radius 2 is 1.93 bits per heavy atom. The van der Waals surface area contributed by atoms with Gasteiger partial charge in [0.15, 0.2) is 0 Å². The van der Waals surface area contributed by atoms with Crippen LogP contribution in [0.2, 0.25) is 0 Å². The average molecular weight is 233 g/mol. The van der Waals surface area contributed by atoms with E-state index in [0.29, 0.717) is 6.04 Å². The molecule has 3 unspecified atom stereocenters. The molecule has 0 aromatic rings. The number of thioether (sulfide) groups is 1. The number of esters is 1. The molecule has 0 N–H and O–H groups in total. The van der Waals surface area contributed by atoms with Crippen molar-refractivity contribution in [2.24, 2.45) is 5.92 Å². The third-order valence-corrected chi connectivity index (χ3v) is 3.86. The van der Waals surface area contributed by atoms with Gasteiger partial charge in [0.05, 0.1) is 13.0 Å². The molecule has 0 aromatic heterocycles. The molecule has 0 heterocycles. The lowest BCUT2D eigenvalue weighted by Gasteiger charge is -2.33. The Hall–Kier alpha value is -0.220. The highest BCUT2D eigenvalue weighted by Crippen LogP contribution is 2.15. The minimum atomic E-state index is -0.134. The fraction of sp³-hybridized carbons (Fsp3) is 0.909. The second kappa shape index (κ2) is 7.12. The predicted molar refractivity (Wildman–Crippen MR) is 66.2 cm³/mol. The van der Waals surface area contributed by atoms with Gasteiger partial charge in [-0.05, 0) is 27.2 Å². The number of carbonyl (C=O) groups excluding carboxylic acids is 1. The Bertz CT molecular complexity index is 199. The third kappa shape index (κ3) is 4.43. The summed E-state index contributed by atoms with van der Waals surface area (Å²) >= 11 is 1.82. The van der Waals surface area contributed by atoms with Gasteiger partial charge in [0.1, 0.15) is 0 Å². The molecule has 0 aromatic carbocycles. The maximum Gasteiger partial charge on any atom is 0.309 e. The van der Waals surface area contributed by atoms with Crippen LogP contribution in [0.5, 0.6) is 0 Å². The summed E-state index contributed by atoms with van der Waals surface area (Å²) in [5.41, 5.74) is 0. The van der Waals surface area contributed by atoms with Crippen molar-refractivity contribution in [2.75, 3.05) is 26.2 Å². The number of ether oxygens (including phenoxy) is 1. The normalized spacial score (nSPS) is 17.3. The summed E-state index contributed by atoms with van der Waals surface area (Å²) in [7, 11) is 3.50. The van der Waals surface area contributed by atoms with Crippen LogP contribution in [0.15, 0.2) is 0 Å². The monoisotopic (exact) mass is 233 g/mol. The predicted octanol–water partition coefficient (Wildman–Crippen LogP) is 1.87. The fourth-order valence-electron chi connectivity index (χ4n) is 1.50. The van der Waals surface area contributed by atoms with Crippen LogP contribution < -0.4 is 0 Å². The van der Waals surface area contributed by atoms with Gasteiger partial charge < -0.3 is 4.74 Å². The summed E-state index contributed by atoms with van der Waals surface area (Å²) in [5.74, 6) is 0.865. The van der Waals surface area contributed by atoms with Gasteiger partial charge in [-0.3, -0.25) is 9.69 Å². The van der Waals surface area contributed by atoms with Crippen molar-refractivity contribution in [1.29, 1.82) is 0 Å². The van der Waals surface area contributed by atoms with Gasteiger partial charge >= 0.3 is 5.97 Å². The maximum atomic E-state index is 11.4. The number of rotatable bonds is 6. The van der Waals surface area contributed by atoms with Crippen LogP contribution in [0.1, 0.15) is 20.8 Å². The summed E-state index contributed by atoms with van der Waals surface area (Å²) in [6, 6.07) is 0.682. The third-order valence-electron chi connectivity index (χ3n) is 3.04. The van der Waals surface area contributed by atoms with Crippen LogP contribution in [0.25, 0.3) is 0 Å². The highest BCUT2D eigenvalue weighted by Gasteiger charge is 2.26. The van der Waals surface area contributed by atoms with Gasteiger partial charge in [0.2, 0.25) is 0 Å². The molecule has 0 radical (unpaired) electrons. The number of nitrogens with zero attached hydrogens (tertiary/aromatic N) is 1. The first-order valence-electron chi connectivity index (χ1n) is 5.24. The van der Waals surface area contributed by atoms with Crippen molar-refractivity contribution in [3.8, 4) is 0 Å². The minimum Gasteiger partial charge on any atom is -0.469 e. The molecular formula is C11H23NO2S. The molecule has 4 heteroatoms. The van der Waals surface area contributed by atoms with Gasteiger partial charge in [0, 0.05) is 17.8 Å². The SMILES string of the molecule is COC(=O)C(C)C(C)N(C)C(C)CSC. The zero-order valence-electron chi connectivity index (χ0n) is 10.6.